The topological polar surface area (TPSA) is 109 Å². The molecular formula is C25H31N3O5S. The van der Waals surface area contributed by atoms with Gasteiger partial charge in [-0.25, -0.2) is 9.78 Å². The van der Waals surface area contributed by atoms with Crippen LogP contribution in [0, 0.1) is 5.92 Å². The Morgan fingerprint density at radius 2 is 1.94 bits per heavy atom. The van der Waals surface area contributed by atoms with E-state index >= 15 is 0 Å². The van der Waals surface area contributed by atoms with Gasteiger partial charge in [0.2, 0.25) is 0 Å². The van der Waals surface area contributed by atoms with Crippen molar-refractivity contribution < 1.29 is 24.2 Å². The zero-order chi connectivity index (χ0) is 24.1. The van der Waals surface area contributed by atoms with Crippen molar-refractivity contribution >= 4 is 29.2 Å². The molecule has 1 unspecified atom stereocenters. The standard InChI is InChI=1S/C25H31N3O5S/c1-2-3-14-33-25(32)21-22-19(8-11-26-21)27-23(34-22)17-4-6-18(7-5-17)24(31)28-12-9-16(10-13-28)15-20(29)30/h4-7,16,21,26H,2-3,8-15H2,1H3,(H,29,30). The van der Waals surface area contributed by atoms with Crippen molar-refractivity contribution in [2.24, 2.45) is 5.92 Å². The number of hydrogen-bond donors (Lipinski definition) is 2. The largest absolute Gasteiger partial charge is 0.481 e. The predicted molar refractivity (Wildman–Crippen MR) is 129 cm³/mol. The summed E-state index contributed by atoms with van der Waals surface area (Å²) in [6.07, 6.45) is 4.20. The van der Waals surface area contributed by atoms with Crippen LogP contribution < -0.4 is 5.32 Å². The number of amides is 1. The molecule has 1 saturated heterocycles. The van der Waals surface area contributed by atoms with Crippen molar-refractivity contribution in [3.63, 3.8) is 0 Å². The Kier molecular flexibility index (Phi) is 7.95. The van der Waals surface area contributed by atoms with Crippen LogP contribution >= 0.6 is 11.3 Å². The summed E-state index contributed by atoms with van der Waals surface area (Å²) in [6, 6.07) is 6.96. The fraction of sp³-hybridized carbons (Fsp3) is 0.520. The normalized spacial score (nSPS) is 18.4. The highest BCUT2D eigenvalue weighted by Gasteiger charge is 2.31. The zero-order valence-corrected chi connectivity index (χ0v) is 20.2. The van der Waals surface area contributed by atoms with Gasteiger partial charge in [0.1, 0.15) is 11.0 Å². The summed E-state index contributed by atoms with van der Waals surface area (Å²) >= 11 is 1.49. The van der Waals surface area contributed by atoms with E-state index in [2.05, 4.69) is 12.2 Å². The van der Waals surface area contributed by atoms with Crippen LogP contribution in [-0.4, -0.2) is 59.1 Å². The molecule has 0 aliphatic carbocycles. The minimum Gasteiger partial charge on any atom is -0.481 e. The molecular weight excluding hydrogens is 454 g/mol. The van der Waals surface area contributed by atoms with Gasteiger partial charge in [-0.15, -0.1) is 11.3 Å². The van der Waals surface area contributed by atoms with Gasteiger partial charge in [0.25, 0.3) is 5.91 Å². The molecule has 9 heteroatoms. The van der Waals surface area contributed by atoms with Gasteiger partial charge in [-0.1, -0.05) is 25.5 Å². The molecule has 3 heterocycles. The van der Waals surface area contributed by atoms with Crippen LogP contribution in [0.1, 0.15) is 66.0 Å². The van der Waals surface area contributed by atoms with Gasteiger partial charge in [-0.3, -0.25) is 14.9 Å². The molecule has 0 radical (unpaired) electrons. The number of unbranched alkanes of at least 4 members (excludes halogenated alkanes) is 1. The monoisotopic (exact) mass is 485 g/mol. The number of esters is 1. The predicted octanol–water partition coefficient (Wildman–Crippen LogP) is 3.67. The number of piperidine rings is 1. The van der Waals surface area contributed by atoms with Crippen LogP contribution in [0.15, 0.2) is 24.3 Å². The van der Waals surface area contributed by atoms with Crippen molar-refractivity contribution in [3.8, 4) is 10.6 Å². The van der Waals surface area contributed by atoms with E-state index in [0.717, 1.165) is 53.2 Å². The fourth-order valence-corrected chi connectivity index (χ4v) is 5.62. The Morgan fingerprint density at radius 1 is 1.21 bits per heavy atom. The molecule has 0 bridgehead atoms. The highest BCUT2D eigenvalue weighted by Crippen LogP contribution is 2.35. The Bertz CT molecular complexity index is 1030. The molecule has 2 aromatic rings. The molecule has 0 spiro atoms. The molecule has 2 N–H and O–H groups in total. The first-order chi connectivity index (χ1) is 16.5. The number of fused-ring (bicyclic) bond motifs is 1. The second kappa shape index (κ2) is 11.1. The number of rotatable bonds is 8. The maximum Gasteiger partial charge on any atom is 0.328 e. The molecule has 34 heavy (non-hydrogen) atoms. The summed E-state index contributed by atoms with van der Waals surface area (Å²) in [4.78, 5) is 43.8. The van der Waals surface area contributed by atoms with Gasteiger partial charge in [-0.2, -0.15) is 0 Å². The van der Waals surface area contributed by atoms with Crippen molar-refractivity contribution in [1.29, 1.82) is 0 Å². The molecule has 0 saturated carbocycles. The number of nitrogens with zero attached hydrogens (tertiary/aromatic N) is 2. The van der Waals surface area contributed by atoms with E-state index in [-0.39, 0.29) is 24.2 Å². The van der Waals surface area contributed by atoms with E-state index in [4.69, 9.17) is 14.8 Å². The molecule has 1 aromatic heterocycles. The van der Waals surface area contributed by atoms with Crippen LogP contribution in [0.25, 0.3) is 10.6 Å². The van der Waals surface area contributed by atoms with E-state index in [0.29, 0.717) is 31.8 Å². The Morgan fingerprint density at radius 3 is 2.62 bits per heavy atom. The quantitative estimate of drug-likeness (QED) is 0.434. The average Bonchev–Trinajstić information content (AvgIpc) is 3.28. The second-order valence-electron chi connectivity index (χ2n) is 8.90. The minimum atomic E-state index is -0.778. The van der Waals surface area contributed by atoms with Crippen LogP contribution in [-0.2, 0) is 20.7 Å². The summed E-state index contributed by atoms with van der Waals surface area (Å²) in [7, 11) is 0. The second-order valence-corrected chi connectivity index (χ2v) is 9.93. The Hall–Kier alpha value is -2.78. The number of benzene rings is 1. The van der Waals surface area contributed by atoms with Crippen molar-refractivity contribution in [2.45, 2.75) is 51.5 Å². The van der Waals surface area contributed by atoms with Crippen LogP contribution in [0.4, 0.5) is 0 Å². The molecule has 2 aliphatic rings. The number of hydrogen-bond acceptors (Lipinski definition) is 7. The molecule has 182 valence electrons. The summed E-state index contributed by atoms with van der Waals surface area (Å²) in [5, 5.41) is 13.0. The van der Waals surface area contributed by atoms with Crippen molar-refractivity contribution in [3.05, 3.63) is 40.4 Å². The first-order valence-electron chi connectivity index (χ1n) is 12.0. The third-order valence-electron chi connectivity index (χ3n) is 6.42. The molecule has 4 rings (SSSR count). The number of carbonyl (C=O) groups is 3. The molecule has 1 amide bonds. The summed E-state index contributed by atoms with van der Waals surface area (Å²) in [5.74, 6) is -0.919. The van der Waals surface area contributed by atoms with Gasteiger partial charge >= 0.3 is 11.9 Å². The van der Waals surface area contributed by atoms with E-state index in [1.807, 2.05) is 24.3 Å². The van der Waals surface area contributed by atoms with E-state index in [1.165, 1.54) is 11.3 Å². The smallest absolute Gasteiger partial charge is 0.328 e. The highest BCUT2D eigenvalue weighted by atomic mass is 32.1. The van der Waals surface area contributed by atoms with Gasteiger partial charge in [-0.05, 0) is 37.3 Å². The number of ether oxygens (including phenoxy) is 1. The first-order valence-corrected chi connectivity index (χ1v) is 12.8. The minimum absolute atomic E-state index is 0.0298. The van der Waals surface area contributed by atoms with E-state index in [9.17, 15) is 14.4 Å². The van der Waals surface area contributed by atoms with Gasteiger partial charge in [0, 0.05) is 43.6 Å². The van der Waals surface area contributed by atoms with E-state index < -0.39 is 12.0 Å². The number of aromatic nitrogens is 1. The number of carbonyl (C=O) groups excluding carboxylic acids is 2. The lowest BCUT2D eigenvalue weighted by atomic mass is 9.93. The molecule has 8 nitrogen and oxygen atoms in total. The van der Waals surface area contributed by atoms with Crippen molar-refractivity contribution in [1.82, 2.24) is 15.2 Å². The van der Waals surface area contributed by atoms with Gasteiger partial charge < -0.3 is 14.7 Å². The molecule has 1 atom stereocenters. The number of carboxylic acid groups (broad SMARTS) is 1. The average molecular weight is 486 g/mol. The third kappa shape index (κ3) is 5.64. The maximum atomic E-state index is 12.9. The zero-order valence-electron chi connectivity index (χ0n) is 19.4. The summed E-state index contributed by atoms with van der Waals surface area (Å²) < 4.78 is 5.43. The number of likely N-dealkylation sites (tertiary alicyclic amines) is 1. The van der Waals surface area contributed by atoms with Gasteiger partial charge in [0.05, 0.1) is 17.2 Å². The maximum absolute atomic E-state index is 12.9. The third-order valence-corrected chi connectivity index (χ3v) is 7.63. The number of nitrogens with one attached hydrogen (secondary N) is 1. The molecule has 1 fully saturated rings. The SMILES string of the molecule is CCCCOC(=O)C1NCCc2nc(-c3ccc(C(=O)N4CCC(CC(=O)O)CC4)cc3)sc21. The number of aliphatic carboxylic acids is 1. The lowest BCUT2D eigenvalue weighted by Crippen LogP contribution is -2.38. The summed E-state index contributed by atoms with van der Waals surface area (Å²) in [5.41, 5.74) is 2.45. The van der Waals surface area contributed by atoms with Crippen LogP contribution in [0.3, 0.4) is 0 Å². The van der Waals surface area contributed by atoms with Crippen molar-refractivity contribution in [2.75, 3.05) is 26.2 Å². The first kappa shape index (κ1) is 24.3. The Balaban J connectivity index is 1.41. The van der Waals surface area contributed by atoms with Gasteiger partial charge in [0.15, 0.2) is 0 Å². The number of carboxylic acids is 1. The lowest BCUT2D eigenvalue weighted by Gasteiger charge is -2.31. The lowest BCUT2D eigenvalue weighted by molar-refractivity contribution is -0.146. The molecule has 1 aromatic carbocycles. The van der Waals surface area contributed by atoms with Crippen LogP contribution in [0.2, 0.25) is 0 Å². The highest BCUT2D eigenvalue weighted by molar-refractivity contribution is 7.15. The molecule has 2 aliphatic heterocycles. The van der Waals surface area contributed by atoms with Crippen LogP contribution in [0.5, 0.6) is 0 Å². The number of thiazole rings is 1. The fourth-order valence-electron chi connectivity index (χ4n) is 4.44. The van der Waals surface area contributed by atoms with E-state index in [1.54, 1.807) is 4.90 Å². The summed E-state index contributed by atoms with van der Waals surface area (Å²) in [6.45, 7) is 4.34. The Labute approximate surface area is 203 Å².